The zero-order chi connectivity index (χ0) is 12.1. The van der Waals surface area contributed by atoms with Crippen molar-refractivity contribution in [2.45, 2.75) is 63.1 Å². The lowest BCUT2D eigenvalue weighted by molar-refractivity contribution is -0.190. The van der Waals surface area contributed by atoms with E-state index >= 15 is 0 Å². The van der Waals surface area contributed by atoms with Crippen LogP contribution in [0.25, 0.3) is 0 Å². The number of rotatable bonds is 5. The molecule has 1 fully saturated rings. The average molecular weight is 233 g/mol. The van der Waals surface area contributed by atoms with Crippen molar-refractivity contribution >= 4 is 0 Å². The van der Waals surface area contributed by atoms with Crippen molar-refractivity contribution in [3.8, 4) is 0 Å². The number of aliphatic hydroxyl groups is 3. The van der Waals surface area contributed by atoms with Crippen LogP contribution in [-0.2, 0) is 4.74 Å². The Morgan fingerprint density at radius 1 is 1.12 bits per heavy atom. The van der Waals surface area contributed by atoms with Gasteiger partial charge in [-0.05, 0) is 6.42 Å². The number of nitrogens with two attached hydrogens (primary N) is 1. The summed E-state index contributed by atoms with van der Waals surface area (Å²) in [6, 6.07) is -0.574. The Bertz CT molecular complexity index is 200. The van der Waals surface area contributed by atoms with Gasteiger partial charge in [-0.15, -0.1) is 0 Å². The van der Waals surface area contributed by atoms with Crippen LogP contribution in [0.1, 0.15) is 32.6 Å². The third-order valence-electron chi connectivity index (χ3n) is 3.18. The molecule has 1 saturated heterocycles. The molecule has 0 aromatic heterocycles. The number of hydrogen-bond donors (Lipinski definition) is 4. The zero-order valence-electron chi connectivity index (χ0n) is 9.75. The molecule has 16 heavy (non-hydrogen) atoms. The minimum atomic E-state index is -1.09. The topological polar surface area (TPSA) is 95.9 Å². The summed E-state index contributed by atoms with van der Waals surface area (Å²) in [5.74, 6) is 0. The molecule has 0 aromatic carbocycles. The van der Waals surface area contributed by atoms with Gasteiger partial charge < -0.3 is 25.8 Å². The Balaban J connectivity index is 2.50. The molecule has 1 rings (SSSR count). The molecule has 1 unspecified atom stereocenters. The fourth-order valence-corrected chi connectivity index (χ4v) is 2.07. The first-order valence-corrected chi connectivity index (χ1v) is 5.99. The van der Waals surface area contributed by atoms with Gasteiger partial charge in [0.1, 0.15) is 18.3 Å². The quantitative estimate of drug-likeness (QED) is 0.474. The lowest BCUT2D eigenvalue weighted by Crippen LogP contribution is -2.61. The minimum Gasteiger partial charge on any atom is -0.394 e. The number of aliphatic hydroxyl groups excluding tert-OH is 3. The van der Waals surface area contributed by atoms with Crippen LogP contribution in [0.3, 0.4) is 0 Å². The molecule has 0 aliphatic carbocycles. The minimum absolute atomic E-state index is 0.276. The highest BCUT2D eigenvalue weighted by atomic mass is 16.5. The summed E-state index contributed by atoms with van der Waals surface area (Å²) in [5.41, 5.74) is 5.80. The van der Waals surface area contributed by atoms with Gasteiger partial charge in [0.05, 0.1) is 18.8 Å². The van der Waals surface area contributed by atoms with E-state index in [0.29, 0.717) is 0 Å². The van der Waals surface area contributed by atoms with Gasteiger partial charge in [0.2, 0.25) is 0 Å². The second-order valence-electron chi connectivity index (χ2n) is 4.45. The summed E-state index contributed by atoms with van der Waals surface area (Å²) in [6.07, 6.45) is 0.833. The first kappa shape index (κ1) is 13.9. The van der Waals surface area contributed by atoms with Gasteiger partial charge in [0.15, 0.2) is 0 Å². The molecule has 5 nitrogen and oxygen atoms in total. The summed E-state index contributed by atoms with van der Waals surface area (Å²) in [7, 11) is 0. The normalized spacial score (nSPS) is 39.9. The second-order valence-corrected chi connectivity index (χ2v) is 4.45. The Morgan fingerprint density at radius 3 is 2.38 bits per heavy atom. The van der Waals surface area contributed by atoms with E-state index in [1.54, 1.807) is 0 Å². The van der Waals surface area contributed by atoms with Gasteiger partial charge in [-0.25, -0.2) is 0 Å². The van der Waals surface area contributed by atoms with E-state index in [2.05, 4.69) is 6.92 Å². The molecule has 1 aliphatic rings. The molecule has 0 saturated carbocycles. The molecular weight excluding hydrogens is 210 g/mol. The standard InChI is InChI=1S/C11H23NO4/c1-2-3-4-5-7-9(12)11(15)10(14)8(6-13)16-7/h7-11,13-15H,2-6,12H2,1H3/t7?,8-,9+,10-,11-/m1/s1. The smallest absolute Gasteiger partial charge is 0.110 e. The van der Waals surface area contributed by atoms with Crippen molar-refractivity contribution in [2.75, 3.05) is 6.61 Å². The van der Waals surface area contributed by atoms with E-state index in [-0.39, 0.29) is 12.7 Å². The van der Waals surface area contributed by atoms with Gasteiger partial charge in [0, 0.05) is 0 Å². The maximum Gasteiger partial charge on any atom is 0.110 e. The highest BCUT2D eigenvalue weighted by Gasteiger charge is 2.41. The van der Waals surface area contributed by atoms with Gasteiger partial charge in [0.25, 0.3) is 0 Å². The molecule has 0 spiro atoms. The summed E-state index contributed by atoms with van der Waals surface area (Å²) < 4.78 is 5.49. The van der Waals surface area contributed by atoms with Gasteiger partial charge in [-0.2, -0.15) is 0 Å². The molecule has 5 atom stereocenters. The summed E-state index contributed by atoms with van der Waals surface area (Å²) in [4.78, 5) is 0. The number of unbranched alkanes of at least 4 members (excludes halogenated alkanes) is 2. The van der Waals surface area contributed by atoms with Crippen molar-refractivity contribution in [1.82, 2.24) is 0 Å². The summed E-state index contributed by atoms with van der Waals surface area (Å²) >= 11 is 0. The summed E-state index contributed by atoms with van der Waals surface area (Å²) in [5, 5.41) is 28.3. The molecule has 5 heteroatoms. The van der Waals surface area contributed by atoms with Crippen LogP contribution in [0, 0.1) is 0 Å². The molecule has 0 radical (unpaired) electrons. The van der Waals surface area contributed by atoms with Crippen LogP contribution >= 0.6 is 0 Å². The second kappa shape index (κ2) is 6.51. The van der Waals surface area contributed by atoms with E-state index in [0.717, 1.165) is 25.7 Å². The predicted molar refractivity (Wildman–Crippen MR) is 59.9 cm³/mol. The Hall–Kier alpha value is -0.200. The van der Waals surface area contributed by atoms with Crippen LogP contribution in [0.4, 0.5) is 0 Å². The molecule has 1 aliphatic heterocycles. The molecule has 5 N–H and O–H groups in total. The maximum atomic E-state index is 9.71. The van der Waals surface area contributed by atoms with E-state index in [1.165, 1.54) is 0 Å². The van der Waals surface area contributed by atoms with E-state index < -0.39 is 24.4 Å². The van der Waals surface area contributed by atoms with Crippen LogP contribution in [-0.4, -0.2) is 52.4 Å². The van der Waals surface area contributed by atoms with Gasteiger partial charge in [-0.1, -0.05) is 26.2 Å². The van der Waals surface area contributed by atoms with Crippen molar-refractivity contribution in [3.63, 3.8) is 0 Å². The fourth-order valence-electron chi connectivity index (χ4n) is 2.07. The van der Waals surface area contributed by atoms with E-state index in [4.69, 9.17) is 15.6 Å². The molecular formula is C11H23NO4. The van der Waals surface area contributed by atoms with Crippen LogP contribution in [0.2, 0.25) is 0 Å². The number of ether oxygens (including phenoxy) is 1. The third kappa shape index (κ3) is 3.15. The molecule has 96 valence electrons. The SMILES string of the molecule is CCCCCC1O[C@H](CO)[C@@H](O)[C@H](O)[C@H]1N. The average Bonchev–Trinajstić information content (AvgIpc) is 2.29. The highest BCUT2D eigenvalue weighted by molar-refractivity contribution is 4.94. The van der Waals surface area contributed by atoms with Crippen molar-refractivity contribution < 1.29 is 20.1 Å². The maximum absolute atomic E-state index is 9.71. The Kier molecular flexibility index (Phi) is 5.64. The van der Waals surface area contributed by atoms with Crippen molar-refractivity contribution in [3.05, 3.63) is 0 Å². The third-order valence-corrected chi connectivity index (χ3v) is 3.18. The molecule has 0 bridgehead atoms. The molecule has 0 amide bonds. The zero-order valence-corrected chi connectivity index (χ0v) is 9.75. The van der Waals surface area contributed by atoms with Crippen molar-refractivity contribution in [1.29, 1.82) is 0 Å². The molecule has 0 aromatic rings. The van der Waals surface area contributed by atoms with Gasteiger partial charge in [-0.3, -0.25) is 0 Å². The predicted octanol–water partition coefficient (Wildman–Crippen LogP) is -0.624. The number of hydrogen-bond acceptors (Lipinski definition) is 5. The van der Waals surface area contributed by atoms with E-state index in [1.807, 2.05) is 0 Å². The monoisotopic (exact) mass is 233 g/mol. The molecule has 1 heterocycles. The lowest BCUT2D eigenvalue weighted by atomic mass is 9.91. The lowest BCUT2D eigenvalue weighted by Gasteiger charge is -2.41. The first-order chi connectivity index (χ1) is 7.61. The fraction of sp³-hybridized carbons (Fsp3) is 1.00. The van der Waals surface area contributed by atoms with Crippen molar-refractivity contribution in [2.24, 2.45) is 5.73 Å². The van der Waals surface area contributed by atoms with Gasteiger partial charge >= 0.3 is 0 Å². The van der Waals surface area contributed by atoms with Crippen LogP contribution < -0.4 is 5.73 Å². The van der Waals surface area contributed by atoms with E-state index in [9.17, 15) is 10.2 Å². The highest BCUT2D eigenvalue weighted by Crippen LogP contribution is 2.23. The Labute approximate surface area is 96.2 Å². The van der Waals surface area contributed by atoms with Crippen LogP contribution in [0.5, 0.6) is 0 Å². The Morgan fingerprint density at radius 2 is 1.81 bits per heavy atom. The first-order valence-electron chi connectivity index (χ1n) is 5.99. The summed E-state index contributed by atoms with van der Waals surface area (Å²) in [6.45, 7) is 1.81. The van der Waals surface area contributed by atoms with Crippen LogP contribution in [0.15, 0.2) is 0 Å². The largest absolute Gasteiger partial charge is 0.394 e.